The lowest BCUT2D eigenvalue weighted by Crippen LogP contribution is -2.25. The summed E-state index contributed by atoms with van der Waals surface area (Å²) in [6, 6.07) is 25.1. The number of aromatic nitrogens is 3. The zero-order chi connectivity index (χ0) is 24.9. The second-order valence-corrected chi connectivity index (χ2v) is 8.32. The second kappa shape index (κ2) is 10.3. The van der Waals surface area contributed by atoms with Crippen LogP contribution in [-0.4, -0.2) is 40.4 Å². The molecule has 0 aliphatic heterocycles. The van der Waals surface area contributed by atoms with Crippen molar-refractivity contribution in [3.8, 4) is 5.75 Å². The van der Waals surface area contributed by atoms with Crippen LogP contribution in [0.4, 0.5) is 5.82 Å². The number of benzene rings is 3. The Bertz CT molecular complexity index is 1560. The molecule has 0 radical (unpaired) electrons. The van der Waals surface area contributed by atoms with Crippen LogP contribution in [0.15, 0.2) is 84.0 Å². The Morgan fingerprint density at radius 3 is 2.56 bits per heavy atom. The molecule has 0 unspecified atom stereocenters. The van der Waals surface area contributed by atoms with Gasteiger partial charge in [-0.3, -0.25) is 4.79 Å². The number of nitrogens with two attached hydrogens (primary N) is 1. The van der Waals surface area contributed by atoms with Gasteiger partial charge in [-0.15, -0.1) is 0 Å². The van der Waals surface area contributed by atoms with Gasteiger partial charge in [0, 0.05) is 6.54 Å². The third-order valence-electron chi connectivity index (χ3n) is 5.89. The highest BCUT2D eigenvalue weighted by atomic mass is 16.5. The minimum Gasteiger partial charge on any atom is -0.497 e. The Kier molecular flexibility index (Phi) is 6.57. The molecule has 0 aliphatic rings. The van der Waals surface area contributed by atoms with E-state index in [2.05, 4.69) is 22.6 Å². The van der Waals surface area contributed by atoms with E-state index in [4.69, 9.17) is 20.4 Å². The van der Waals surface area contributed by atoms with Crippen molar-refractivity contribution >= 4 is 40.1 Å². The monoisotopic (exact) mass is 478 g/mol. The van der Waals surface area contributed by atoms with E-state index in [1.807, 2.05) is 66.7 Å². The van der Waals surface area contributed by atoms with Crippen LogP contribution < -0.4 is 15.8 Å². The molecule has 0 saturated heterocycles. The van der Waals surface area contributed by atoms with Crippen LogP contribution in [0.5, 0.6) is 5.75 Å². The molecule has 3 N–H and O–H groups in total. The van der Waals surface area contributed by atoms with Crippen molar-refractivity contribution in [1.29, 1.82) is 0 Å². The van der Waals surface area contributed by atoms with Gasteiger partial charge < -0.3 is 15.8 Å². The van der Waals surface area contributed by atoms with Gasteiger partial charge in [-0.1, -0.05) is 54.6 Å². The standard InChI is InChI=1S/C28H26N6O2/c1-36-21-13-7-11-20(17-21)18-31-34-26(29)24(25-27(34)33-23-15-6-5-14-22(23)32-25)28(35)30-16-8-12-19-9-3-2-4-10-19/h2-7,9-11,13-15,17-18H,8,12,16,29H2,1H3,(H,30,35)/b31-18-. The summed E-state index contributed by atoms with van der Waals surface area (Å²) in [6.07, 6.45) is 3.32. The number of amides is 1. The zero-order valence-electron chi connectivity index (χ0n) is 19.9. The predicted molar refractivity (Wildman–Crippen MR) is 143 cm³/mol. The molecule has 8 nitrogen and oxygen atoms in total. The van der Waals surface area contributed by atoms with Crippen molar-refractivity contribution in [2.24, 2.45) is 5.10 Å². The van der Waals surface area contributed by atoms with E-state index >= 15 is 0 Å². The number of anilines is 1. The van der Waals surface area contributed by atoms with Crippen LogP contribution in [0.3, 0.4) is 0 Å². The number of methoxy groups -OCH3 is 1. The number of para-hydroxylation sites is 2. The molecule has 5 rings (SSSR count). The Morgan fingerprint density at radius 2 is 1.78 bits per heavy atom. The topological polar surface area (TPSA) is 107 Å². The summed E-state index contributed by atoms with van der Waals surface area (Å²) in [4.78, 5) is 22.7. The maximum absolute atomic E-state index is 13.3. The van der Waals surface area contributed by atoms with Gasteiger partial charge in [0.05, 0.1) is 24.4 Å². The van der Waals surface area contributed by atoms with Gasteiger partial charge in [0.2, 0.25) is 0 Å². The van der Waals surface area contributed by atoms with Gasteiger partial charge in [-0.25, -0.2) is 9.97 Å². The summed E-state index contributed by atoms with van der Waals surface area (Å²) in [7, 11) is 1.61. The van der Waals surface area contributed by atoms with E-state index in [9.17, 15) is 4.79 Å². The van der Waals surface area contributed by atoms with Crippen LogP contribution in [0.2, 0.25) is 0 Å². The Labute approximate surface area is 208 Å². The first-order valence-electron chi connectivity index (χ1n) is 11.7. The lowest BCUT2D eigenvalue weighted by atomic mass is 10.1. The summed E-state index contributed by atoms with van der Waals surface area (Å²) >= 11 is 0. The molecule has 2 aromatic heterocycles. The van der Waals surface area contributed by atoms with Crippen LogP contribution >= 0.6 is 0 Å². The lowest BCUT2D eigenvalue weighted by molar-refractivity contribution is 0.0955. The minimum absolute atomic E-state index is 0.181. The van der Waals surface area contributed by atoms with Crippen LogP contribution in [0.25, 0.3) is 22.2 Å². The molecule has 36 heavy (non-hydrogen) atoms. The molecule has 0 atom stereocenters. The average Bonchev–Trinajstić information content (AvgIpc) is 3.19. The quantitative estimate of drug-likeness (QED) is 0.254. The molecule has 8 heteroatoms. The Morgan fingerprint density at radius 1 is 1.03 bits per heavy atom. The molecule has 0 fully saturated rings. The van der Waals surface area contributed by atoms with Crippen molar-refractivity contribution < 1.29 is 9.53 Å². The first kappa shape index (κ1) is 23.0. The minimum atomic E-state index is -0.300. The first-order valence-corrected chi connectivity index (χ1v) is 11.7. The van der Waals surface area contributed by atoms with Gasteiger partial charge >= 0.3 is 0 Å². The molecule has 2 heterocycles. The molecule has 0 aliphatic carbocycles. The molecule has 0 bridgehead atoms. The number of carbonyl (C=O) groups is 1. The number of hydrogen-bond acceptors (Lipinski definition) is 6. The zero-order valence-corrected chi connectivity index (χ0v) is 19.9. The predicted octanol–water partition coefficient (Wildman–Crippen LogP) is 4.42. The number of ether oxygens (including phenoxy) is 1. The fourth-order valence-electron chi connectivity index (χ4n) is 4.06. The van der Waals surface area contributed by atoms with Crippen molar-refractivity contribution in [3.05, 3.63) is 95.6 Å². The summed E-state index contributed by atoms with van der Waals surface area (Å²) in [5.41, 5.74) is 11.0. The normalized spacial score (nSPS) is 11.4. The third kappa shape index (κ3) is 4.74. The molecule has 0 saturated carbocycles. The number of nitrogens with one attached hydrogen (secondary N) is 1. The maximum Gasteiger partial charge on any atom is 0.257 e. The molecule has 3 aromatic carbocycles. The Balaban J connectivity index is 1.47. The van der Waals surface area contributed by atoms with Crippen molar-refractivity contribution in [2.75, 3.05) is 19.4 Å². The van der Waals surface area contributed by atoms with E-state index in [-0.39, 0.29) is 17.3 Å². The van der Waals surface area contributed by atoms with Gasteiger partial charge in [0.1, 0.15) is 22.6 Å². The van der Waals surface area contributed by atoms with Gasteiger partial charge in [0.25, 0.3) is 5.91 Å². The maximum atomic E-state index is 13.3. The summed E-state index contributed by atoms with van der Waals surface area (Å²) in [5.74, 6) is 0.594. The highest BCUT2D eigenvalue weighted by Crippen LogP contribution is 2.28. The number of aryl methyl sites for hydroxylation is 1. The van der Waals surface area contributed by atoms with Crippen molar-refractivity contribution in [2.45, 2.75) is 12.8 Å². The number of fused-ring (bicyclic) bond motifs is 2. The fraction of sp³-hybridized carbons (Fsp3) is 0.143. The summed E-state index contributed by atoms with van der Waals surface area (Å²) < 4.78 is 6.76. The molecular formula is C28H26N6O2. The highest BCUT2D eigenvalue weighted by Gasteiger charge is 2.23. The summed E-state index contributed by atoms with van der Waals surface area (Å²) in [6.45, 7) is 0.508. The number of nitrogen functional groups attached to an aromatic ring is 1. The van der Waals surface area contributed by atoms with Gasteiger partial charge in [-0.05, 0) is 48.2 Å². The van der Waals surface area contributed by atoms with Crippen LogP contribution in [0, 0.1) is 0 Å². The Hall–Kier alpha value is -4.72. The average molecular weight is 479 g/mol. The highest BCUT2D eigenvalue weighted by molar-refractivity contribution is 6.10. The lowest BCUT2D eigenvalue weighted by Gasteiger charge is -2.06. The van der Waals surface area contributed by atoms with E-state index < -0.39 is 0 Å². The first-order chi connectivity index (χ1) is 17.6. The van der Waals surface area contributed by atoms with Gasteiger partial charge in [0.15, 0.2) is 5.65 Å². The van der Waals surface area contributed by atoms with E-state index in [0.29, 0.717) is 34.5 Å². The number of rotatable bonds is 8. The van der Waals surface area contributed by atoms with Crippen molar-refractivity contribution in [1.82, 2.24) is 20.0 Å². The fourth-order valence-corrected chi connectivity index (χ4v) is 4.06. The molecule has 0 spiro atoms. The largest absolute Gasteiger partial charge is 0.497 e. The molecule has 1 amide bonds. The van der Waals surface area contributed by atoms with Gasteiger partial charge in [-0.2, -0.15) is 9.78 Å². The summed E-state index contributed by atoms with van der Waals surface area (Å²) in [5, 5.41) is 7.54. The number of carbonyl (C=O) groups excluding carboxylic acids is 1. The smallest absolute Gasteiger partial charge is 0.257 e. The number of nitrogens with zero attached hydrogens (tertiary/aromatic N) is 4. The van der Waals surface area contributed by atoms with Crippen molar-refractivity contribution in [3.63, 3.8) is 0 Å². The molecule has 5 aromatic rings. The van der Waals surface area contributed by atoms with Crippen LogP contribution in [0.1, 0.15) is 27.9 Å². The van der Waals surface area contributed by atoms with E-state index in [1.54, 1.807) is 13.3 Å². The number of hydrogen-bond donors (Lipinski definition) is 2. The van der Waals surface area contributed by atoms with E-state index in [0.717, 1.165) is 18.4 Å². The second-order valence-electron chi connectivity index (χ2n) is 8.32. The molecule has 180 valence electrons. The van der Waals surface area contributed by atoms with Crippen LogP contribution in [-0.2, 0) is 6.42 Å². The van der Waals surface area contributed by atoms with E-state index in [1.165, 1.54) is 10.2 Å². The SMILES string of the molecule is COc1cccc(/C=N\n2c(N)c(C(=O)NCCCc3ccccc3)c3nc4ccccc4nc32)c1. The molecular weight excluding hydrogens is 452 g/mol. The third-order valence-corrected chi connectivity index (χ3v) is 5.89.